The molecule has 25 heavy (non-hydrogen) atoms. The van der Waals surface area contributed by atoms with Crippen molar-refractivity contribution in [3.8, 4) is 11.3 Å². The first-order chi connectivity index (χ1) is 11.8. The number of amides is 1. The number of hydrogen-bond acceptors (Lipinski definition) is 4. The molecule has 3 rings (SSSR count). The minimum Gasteiger partial charge on any atom is -0.337 e. The lowest BCUT2D eigenvalue weighted by Gasteiger charge is -2.36. The van der Waals surface area contributed by atoms with Crippen molar-refractivity contribution in [2.24, 2.45) is 5.73 Å². The van der Waals surface area contributed by atoms with E-state index in [4.69, 9.17) is 28.9 Å². The number of rotatable bonds is 2. The van der Waals surface area contributed by atoms with Gasteiger partial charge in [0.25, 0.3) is 5.91 Å². The summed E-state index contributed by atoms with van der Waals surface area (Å²) in [5, 5.41) is 0.887. The van der Waals surface area contributed by atoms with E-state index in [9.17, 15) is 4.79 Å². The second-order valence-electron chi connectivity index (χ2n) is 6.74. The van der Waals surface area contributed by atoms with Crippen LogP contribution in [0.2, 0.25) is 10.0 Å². The standard InChI is InChI=1S/C18H20Cl2N4O/c1-11-16(12-4-3-5-13(19)15(12)20)22-10-14(23-11)17(25)24-8-6-18(2,21)7-9-24/h3-5,10H,6-9,21H2,1-2H3. The lowest BCUT2D eigenvalue weighted by molar-refractivity contribution is 0.0674. The minimum absolute atomic E-state index is 0.116. The molecule has 2 heterocycles. The summed E-state index contributed by atoms with van der Waals surface area (Å²) < 4.78 is 0. The molecule has 0 atom stereocenters. The topological polar surface area (TPSA) is 72.1 Å². The maximum absolute atomic E-state index is 12.7. The third kappa shape index (κ3) is 3.78. The van der Waals surface area contributed by atoms with Crippen LogP contribution in [0.5, 0.6) is 0 Å². The zero-order chi connectivity index (χ0) is 18.2. The van der Waals surface area contributed by atoms with Crippen LogP contribution < -0.4 is 5.73 Å². The first kappa shape index (κ1) is 18.1. The molecular weight excluding hydrogens is 359 g/mol. The van der Waals surface area contributed by atoms with Gasteiger partial charge in [-0.25, -0.2) is 4.98 Å². The lowest BCUT2D eigenvalue weighted by Crippen LogP contribution is -2.50. The van der Waals surface area contributed by atoms with Crippen LogP contribution in [-0.4, -0.2) is 39.4 Å². The Balaban J connectivity index is 1.85. The molecule has 0 unspecified atom stereocenters. The number of carbonyl (C=O) groups excluding carboxylic acids is 1. The molecule has 1 aliphatic rings. The number of benzene rings is 1. The van der Waals surface area contributed by atoms with E-state index in [1.165, 1.54) is 6.20 Å². The van der Waals surface area contributed by atoms with Crippen molar-refractivity contribution in [3.05, 3.63) is 45.8 Å². The van der Waals surface area contributed by atoms with Crippen molar-refractivity contribution in [1.82, 2.24) is 14.9 Å². The van der Waals surface area contributed by atoms with Crippen LogP contribution in [0, 0.1) is 6.92 Å². The number of halogens is 2. The minimum atomic E-state index is -0.203. The zero-order valence-corrected chi connectivity index (χ0v) is 15.7. The number of aryl methyl sites for hydroxylation is 1. The smallest absolute Gasteiger partial charge is 0.274 e. The van der Waals surface area contributed by atoms with Crippen molar-refractivity contribution in [1.29, 1.82) is 0 Å². The molecule has 2 aromatic rings. The SMILES string of the molecule is Cc1nc(C(=O)N2CCC(C)(N)CC2)cnc1-c1cccc(Cl)c1Cl. The van der Waals surface area contributed by atoms with Crippen molar-refractivity contribution in [2.75, 3.05) is 13.1 Å². The summed E-state index contributed by atoms with van der Waals surface area (Å²) in [4.78, 5) is 23.3. The van der Waals surface area contributed by atoms with Gasteiger partial charge in [0.2, 0.25) is 0 Å². The van der Waals surface area contributed by atoms with Crippen LogP contribution in [0.1, 0.15) is 35.9 Å². The van der Waals surface area contributed by atoms with Gasteiger partial charge in [0.05, 0.1) is 27.6 Å². The Morgan fingerprint density at radius 1 is 1.28 bits per heavy atom. The van der Waals surface area contributed by atoms with Crippen molar-refractivity contribution in [3.63, 3.8) is 0 Å². The summed E-state index contributed by atoms with van der Waals surface area (Å²) in [6.07, 6.45) is 3.06. The highest BCUT2D eigenvalue weighted by Gasteiger charge is 2.29. The molecule has 0 saturated carbocycles. The normalized spacial score (nSPS) is 16.8. The van der Waals surface area contributed by atoms with Gasteiger partial charge in [-0.15, -0.1) is 0 Å². The molecule has 0 aliphatic carbocycles. The van der Waals surface area contributed by atoms with Gasteiger partial charge in [0, 0.05) is 24.2 Å². The fraction of sp³-hybridized carbons (Fsp3) is 0.389. The predicted octanol–water partition coefficient (Wildman–Crippen LogP) is 3.71. The summed E-state index contributed by atoms with van der Waals surface area (Å²) in [6.45, 7) is 5.09. The van der Waals surface area contributed by atoms with E-state index >= 15 is 0 Å². The van der Waals surface area contributed by atoms with Gasteiger partial charge in [-0.1, -0.05) is 35.3 Å². The van der Waals surface area contributed by atoms with Gasteiger partial charge in [0.15, 0.2) is 0 Å². The number of nitrogens with two attached hydrogens (primary N) is 1. The molecule has 1 amide bonds. The second kappa shape index (κ2) is 6.90. The molecule has 1 aromatic heterocycles. The highest BCUT2D eigenvalue weighted by atomic mass is 35.5. The third-order valence-electron chi connectivity index (χ3n) is 4.57. The summed E-state index contributed by atoms with van der Waals surface area (Å²) in [5.41, 5.74) is 8.22. The van der Waals surface area contributed by atoms with Gasteiger partial charge in [-0.2, -0.15) is 0 Å². The average Bonchev–Trinajstić information content (AvgIpc) is 2.57. The van der Waals surface area contributed by atoms with Crippen LogP contribution in [-0.2, 0) is 0 Å². The van der Waals surface area contributed by atoms with Crippen molar-refractivity contribution < 1.29 is 4.79 Å². The van der Waals surface area contributed by atoms with E-state index in [1.807, 2.05) is 19.9 Å². The maximum Gasteiger partial charge on any atom is 0.274 e. The molecule has 1 aromatic carbocycles. The van der Waals surface area contributed by atoms with E-state index in [1.54, 1.807) is 17.0 Å². The van der Waals surface area contributed by atoms with Gasteiger partial charge in [-0.3, -0.25) is 9.78 Å². The second-order valence-corrected chi connectivity index (χ2v) is 7.52. The van der Waals surface area contributed by atoms with Crippen LogP contribution >= 0.6 is 23.2 Å². The molecule has 1 saturated heterocycles. The number of likely N-dealkylation sites (tertiary alicyclic amines) is 1. The maximum atomic E-state index is 12.7. The van der Waals surface area contributed by atoms with Crippen LogP contribution in [0.25, 0.3) is 11.3 Å². The number of piperidine rings is 1. The summed E-state index contributed by atoms with van der Waals surface area (Å²) in [5.74, 6) is -0.116. The number of hydrogen-bond donors (Lipinski definition) is 1. The number of nitrogens with zero attached hydrogens (tertiary/aromatic N) is 3. The molecule has 0 radical (unpaired) electrons. The molecule has 5 nitrogen and oxygen atoms in total. The quantitative estimate of drug-likeness (QED) is 0.864. The Kier molecular flexibility index (Phi) is 5.00. The van der Waals surface area contributed by atoms with Gasteiger partial charge < -0.3 is 10.6 Å². The molecular formula is C18H20Cl2N4O. The van der Waals surface area contributed by atoms with Crippen LogP contribution in [0.3, 0.4) is 0 Å². The largest absolute Gasteiger partial charge is 0.337 e. The molecule has 132 valence electrons. The number of aromatic nitrogens is 2. The van der Waals surface area contributed by atoms with E-state index in [-0.39, 0.29) is 11.4 Å². The van der Waals surface area contributed by atoms with Gasteiger partial charge in [0.1, 0.15) is 5.69 Å². The molecule has 7 heteroatoms. The highest BCUT2D eigenvalue weighted by molar-refractivity contribution is 6.43. The Morgan fingerprint density at radius 3 is 2.60 bits per heavy atom. The molecule has 1 aliphatic heterocycles. The molecule has 2 N–H and O–H groups in total. The fourth-order valence-corrected chi connectivity index (χ4v) is 3.31. The molecule has 1 fully saturated rings. The van der Waals surface area contributed by atoms with E-state index in [2.05, 4.69) is 9.97 Å². The first-order valence-corrected chi connectivity index (χ1v) is 8.90. The van der Waals surface area contributed by atoms with Crippen LogP contribution in [0.4, 0.5) is 0 Å². The first-order valence-electron chi connectivity index (χ1n) is 8.15. The van der Waals surface area contributed by atoms with Crippen molar-refractivity contribution >= 4 is 29.1 Å². The monoisotopic (exact) mass is 378 g/mol. The van der Waals surface area contributed by atoms with Gasteiger partial charge >= 0.3 is 0 Å². The Morgan fingerprint density at radius 2 is 1.96 bits per heavy atom. The van der Waals surface area contributed by atoms with Crippen LogP contribution in [0.15, 0.2) is 24.4 Å². The fourth-order valence-electron chi connectivity index (χ4n) is 2.92. The van der Waals surface area contributed by atoms with E-state index in [0.717, 1.165) is 12.8 Å². The van der Waals surface area contributed by atoms with Crippen molar-refractivity contribution in [2.45, 2.75) is 32.2 Å². The predicted molar refractivity (Wildman–Crippen MR) is 100.0 cm³/mol. The lowest BCUT2D eigenvalue weighted by atomic mass is 9.91. The molecule has 0 bridgehead atoms. The highest BCUT2D eigenvalue weighted by Crippen LogP contribution is 2.33. The summed E-state index contributed by atoms with van der Waals surface area (Å²) in [7, 11) is 0. The third-order valence-corrected chi connectivity index (χ3v) is 5.38. The Bertz CT molecular complexity index is 813. The van der Waals surface area contributed by atoms with E-state index in [0.29, 0.717) is 45.8 Å². The molecule has 0 spiro atoms. The summed E-state index contributed by atoms with van der Waals surface area (Å²) >= 11 is 12.3. The van der Waals surface area contributed by atoms with E-state index < -0.39 is 0 Å². The Hall–Kier alpha value is -1.69. The number of carbonyl (C=O) groups is 1. The Labute approximate surface area is 157 Å². The average molecular weight is 379 g/mol. The summed E-state index contributed by atoms with van der Waals surface area (Å²) in [6, 6.07) is 5.36. The zero-order valence-electron chi connectivity index (χ0n) is 14.2. The van der Waals surface area contributed by atoms with Gasteiger partial charge in [-0.05, 0) is 32.8 Å².